The molecule has 0 saturated carbocycles. The van der Waals surface area contributed by atoms with Crippen molar-refractivity contribution in [2.75, 3.05) is 14.1 Å². The van der Waals surface area contributed by atoms with Gasteiger partial charge in [-0.05, 0) is 33.9 Å². The van der Waals surface area contributed by atoms with Crippen LogP contribution in [0.5, 0.6) is 0 Å². The van der Waals surface area contributed by atoms with E-state index in [1.807, 2.05) is 14.1 Å². The van der Waals surface area contributed by atoms with Crippen LogP contribution in [0, 0.1) is 0 Å². The molecule has 9 heteroatoms. The third-order valence-corrected chi connectivity index (χ3v) is 4.77. The zero-order valence-corrected chi connectivity index (χ0v) is 15.9. The van der Waals surface area contributed by atoms with Gasteiger partial charge in [0.1, 0.15) is 0 Å². The highest BCUT2D eigenvalue weighted by Crippen LogP contribution is 2.28. The van der Waals surface area contributed by atoms with Crippen LogP contribution in [0.4, 0.5) is 4.79 Å². The van der Waals surface area contributed by atoms with Crippen molar-refractivity contribution in [3.8, 4) is 0 Å². The van der Waals surface area contributed by atoms with Crippen molar-refractivity contribution >= 4 is 23.7 Å². The molecule has 24 heavy (non-hydrogen) atoms. The molecule has 0 spiro atoms. The van der Waals surface area contributed by atoms with Crippen LogP contribution in [0.25, 0.3) is 0 Å². The number of carbonyl (C=O) groups is 2. The van der Waals surface area contributed by atoms with Gasteiger partial charge in [0.25, 0.3) is 0 Å². The molecule has 0 aliphatic rings. The maximum absolute atomic E-state index is 11.9. The Morgan fingerprint density at radius 2 is 2.00 bits per heavy atom. The molecule has 1 aromatic rings. The summed E-state index contributed by atoms with van der Waals surface area (Å²) in [4.78, 5) is 24.8. The van der Waals surface area contributed by atoms with E-state index in [1.165, 1.54) is 11.8 Å². The van der Waals surface area contributed by atoms with E-state index in [9.17, 15) is 9.59 Å². The number of nitrogens with zero attached hydrogens (tertiary/aromatic N) is 4. The second-order valence-corrected chi connectivity index (χ2v) is 7.16. The van der Waals surface area contributed by atoms with Crippen LogP contribution in [0.1, 0.15) is 51.9 Å². The summed E-state index contributed by atoms with van der Waals surface area (Å²) in [6, 6.07) is -0.683. The van der Waals surface area contributed by atoms with Crippen LogP contribution >= 0.6 is 11.8 Å². The SMILES string of the molecule is CCCCn1c(S[C@@H](C)C(=O)NC(N)=O)nnc1[C@@H](CC)N(C)C. The first-order chi connectivity index (χ1) is 11.3. The number of rotatable bonds is 9. The monoisotopic (exact) mass is 356 g/mol. The summed E-state index contributed by atoms with van der Waals surface area (Å²) in [6.07, 6.45) is 2.97. The number of thioether (sulfide) groups is 1. The Bertz CT molecular complexity index is 560. The van der Waals surface area contributed by atoms with Crippen molar-refractivity contribution < 1.29 is 9.59 Å². The van der Waals surface area contributed by atoms with E-state index in [0.29, 0.717) is 5.16 Å². The summed E-state index contributed by atoms with van der Waals surface area (Å²) < 4.78 is 2.08. The summed E-state index contributed by atoms with van der Waals surface area (Å²) in [6.45, 7) is 6.75. The molecule has 0 fully saturated rings. The standard InChI is InChI=1S/C15H28N6O2S/c1-6-8-9-21-12(11(7-2)20(4)5)18-19-15(21)24-10(3)13(22)17-14(16)23/h10-11H,6-9H2,1-5H3,(H3,16,17,22,23)/t10-,11+/m0/s1. The van der Waals surface area contributed by atoms with E-state index >= 15 is 0 Å². The highest BCUT2D eigenvalue weighted by molar-refractivity contribution is 8.00. The molecule has 136 valence electrons. The third-order valence-electron chi connectivity index (χ3n) is 3.69. The third kappa shape index (κ3) is 5.48. The second kappa shape index (κ2) is 9.63. The molecule has 8 nitrogen and oxygen atoms in total. The van der Waals surface area contributed by atoms with E-state index in [2.05, 4.69) is 38.8 Å². The Balaban J connectivity index is 3.03. The molecule has 3 N–H and O–H groups in total. The lowest BCUT2D eigenvalue weighted by Crippen LogP contribution is -2.39. The molecule has 0 aliphatic carbocycles. The van der Waals surface area contributed by atoms with Gasteiger partial charge in [0.15, 0.2) is 11.0 Å². The predicted molar refractivity (Wildman–Crippen MR) is 94.7 cm³/mol. The van der Waals surface area contributed by atoms with Crippen molar-refractivity contribution in [1.29, 1.82) is 0 Å². The Kier molecular flexibility index (Phi) is 8.20. The average molecular weight is 356 g/mol. The minimum atomic E-state index is -0.848. The van der Waals surface area contributed by atoms with Crippen LogP contribution in [0.2, 0.25) is 0 Å². The van der Waals surface area contributed by atoms with Gasteiger partial charge in [0.05, 0.1) is 11.3 Å². The fourth-order valence-corrected chi connectivity index (χ4v) is 3.26. The topological polar surface area (TPSA) is 106 Å². The number of hydrogen-bond donors (Lipinski definition) is 2. The Morgan fingerprint density at radius 3 is 2.50 bits per heavy atom. The molecule has 1 aromatic heterocycles. The first-order valence-corrected chi connectivity index (χ1v) is 9.06. The number of unbranched alkanes of at least 4 members (excludes halogenated alkanes) is 1. The Morgan fingerprint density at radius 1 is 1.33 bits per heavy atom. The quantitative estimate of drug-likeness (QED) is 0.653. The molecule has 0 aromatic carbocycles. The lowest BCUT2D eigenvalue weighted by molar-refractivity contribution is -0.119. The molecular weight excluding hydrogens is 328 g/mol. The molecule has 3 amide bonds. The van der Waals surface area contributed by atoms with Crippen molar-refractivity contribution in [2.45, 2.75) is 63.0 Å². The fraction of sp³-hybridized carbons (Fsp3) is 0.733. The number of imide groups is 1. The molecule has 2 atom stereocenters. The summed E-state index contributed by atoms with van der Waals surface area (Å²) in [5, 5.41) is 10.9. The summed E-state index contributed by atoms with van der Waals surface area (Å²) >= 11 is 1.28. The summed E-state index contributed by atoms with van der Waals surface area (Å²) in [7, 11) is 4.03. The van der Waals surface area contributed by atoms with Crippen molar-refractivity contribution in [2.24, 2.45) is 5.73 Å². The number of aromatic nitrogens is 3. The van der Waals surface area contributed by atoms with Crippen molar-refractivity contribution in [3.05, 3.63) is 5.82 Å². The Labute approximate surface area is 147 Å². The first-order valence-electron chi connectivity index (χ1n) is 8.18. The normalized spacial score (nSPS) is 13.8. The maximum atomic E-state index is 11.9. The zero-order chi connectivity index (χ0) is 18.3. The summed E-state index contributed by atoms with van der Waals surface area (Å²) in [5.74, 6) is 0.472. The fourth-order valence-electron chi connectivity index (χ4n) is 2.37. The van der Waals surface area contributed by atoms with Gasteiger partial charge < -0.3 is 10.3 Å². The number of nitrogens with one attached hydrogen (secondary N) is 1. The number of hydrogen-bond acceptors (Lipinski definition) is 6. The maximum Gasteiger partial charge on any atom is 0.318 e. The van der Waals surface area contributed by atoms with Gasteiger partial charge in [-0.15, -0.1) is 10.2 Å². The van der Waals surface area contributed by atoms with Gasteiger partial charge in [-0.2, -0.15) is 0 Å². The lowest BCUT2D eigenvalue weighted by Gasteiger charge is -2.23. The first kappa shape index (κ1) is 20.4. The van der Waals surface area contributed by atoms with E-state index in [1.54, 1.807) is 6.92 Å². The highest BCUT2D eigenvalue weighted by Gasteiger charge is 2.24. The number of amides is 3. The number of urea groups is 1. The number of primary amides is 1. The van der Waals surface area contributed by atoms with Crippen molar-refractivity contribution in [1.82, 2.24) is 25.0 Å². The van der Waals surface area contributed by atoms with E-state index in [0.717, 1.165) is 31.6 Å². The Hall–Kier alpha value is -1.61. The molecule has 0 saturated heterocycles. The highest BCUT2D eigenvalue weighted by atomic mass is 32.2. The van der Waals surface area contributed by atoms with Gasteiger partial charge in [-0.1, -0.05) is 32.0 Å². The van der Waals surface area contributed by atoms with Gasteiger partial charge in [-0.25, -0.2) is 4.79 Å². The van der Waals surface area contributed by atoms with Crippen LogP contribution in [0.15, 0.2) is 5.16 Å². The van der Waals surface area contributed by atoms with Gasteiger partial charge in [0.2, 0.25) is 5.91 Å². The molecule has 0 bridgehead atoms. The molecule has 1 rings (SSSR count). The number of carbonyl (C=O) groups excluding carboxylic acids is 2. The average Bonchev–Trinajstić information content (AvgIpc) is 2.87. The molecule has 0 aliphatic heterocycles. The lowest BCUT2D eigenvalue weighted by atomic mass is 10.2. The van der Waals surface area contributed by atoms with Crippen LogP contribution < -0.4 is 11.1 Å². The zero-order valence-electron chi connectivity index (χ0n) is 15.1. The molecule has 1 heterocycles. The second-order valence-electron chi connectivity index (χ2n) is 5.85. The van der Waals surface area contributed by atoms with E-state index in [4.69, 9.17) is 5.73 Å². The van der Waals surface area contributed by atoms with E-state index in [-0.39, 0.29) is 6.04 Å². The molecule has 0 radical (unpaired) electrons. The van der Waals surface area contributed by atoms with Gasteiger partial charge in [-0.3, -0.25) is 15.0 Å². The molecule has 0 unspecified atom stereocenters. The minimum absolute atomic E-state index is 0.165. The van der Waals surface area contributed by atoms with Crippen LogP contribution in [0.3, 0.4) is 0 Å². The van der Waals surface area contributed by atoms with Crippen molar-refractivity contribution in [3.63, 3.8) is 0 Å². The van der Waals surface area contributed by atoms with Crippen LogP contribution in [-0.4, -0.2) is 50.9 Å². The predicted octanol–water partition coefficient (Wildman–Crippen LogP) is 1.77. The van der Waals surface area contributed by atoms with Gasteiger partial charge >= 0.3 is 6.03 Å². The summed E-state index contributed by atoms with van der Waals surface area (Å²) in [5.41, 5.74) is 5.00. The van der Waals surface area contributed by atoms with E-state index < -0.39 is 17.2 Å². The smallest absolute Gasteiger partial charge is 0.318 e. The number of nitrogens with two attached hydrogens (primary N) is 1. The largest absolute Gasteiger partial charge is 0.351 e. The van der Waals surface area contributed by atoms with Crippen LogP contribution in [-0.2, 0) is 11.3 Å². The molecular formula is C15H28N6O2S. The van der Waals surface area contributed by atoms with Gasteiger partial charge in [0, 0.05) is 6.54 Å². The minimum Gasteiger partial charge on any atom is -0.351 e.